The van der Waals surface area contributed by atoms with Crippen LogP contribution in [0.5, 0.6) is 0 Å². The van der Waals surface area contributed by atoms with Gasteiger partial charge in [-0.1, -0.05) is 0 Å². The minimum Gasteiger partial charge on any atom is -0.451 e. The molecule has 0 saturated heterocycles. The average Bonchev–Trinajstić information content (AvgIpc) is 2.30. The lowest BCUT2D eigenvalue weighted by Crippen LogP contribution is -2.06. The van der Waals surface area contributed by atoms with Gasteiger partial charge in [0.2, 0.25) is 0 Å². The largest absolute Gasteiger partial charge is 0.451 e. The molecule has 0 bridgehead atoms. The van der Waals surface area contributed by atoms with Crippen molar-refractivity contribution in [2.75, 3.05) is 6.54 Å². The van der Waals surface area contributed by atoms with Crippen molar-refractivity contribution in [1.29, 1.82) is 0 Å². The van der Waals surface area contributed by atoms with Gasteiger partial charge in [-0.15, -0.1) is 0 Å². The van der Waals surface area contributed by atoms with Crippen LogP contribution in [-0.4, -0.2) is 11.7 Å². The van der Waals surface area contributed by atoms with Crippen molar-refractivity contribution < 1.29 is 9.52 Å². The smallest absolute Gasteiger partial charge is 0.169 e. The molecule has 4 heteroatoms. The highest BCUT2D eigenvalue weighted by Gasteiger charge is 2.14. The Morgan fingerprint density at radius 1 is 1.75 bits per heavy atom. The number of hydrogen-bond acceptors (Lipinski definition) is 3. The number of rotatable bonds is 3. The van der Waals surface area contributed by atoms with E-state index >= 15 is 0 Å². The molecule has 3 nitrogen and oxygen atoms in total. The van der Waals surface area contributed by atoms with Crippen LogP contribution in [0.2, 0.25) is 0 Å². The Kier molecular flexibility index (Phi) is 3.31. The Morgan fingerprint density at radius 3 is 2.83 bits per heavy atom. The summed E-state index contributed by atoms with van der Waals surface area (Å²) in [6.07, 6.45) is -0.0536. The molecule has 0 radical (unpaired) electrons. The lowest BCUT2D eigenvalue weighted by Gasteiger charge is -2.05. The fraction of sp³-hybridized carbons (Fsp3) is 0.500. The predicted octanol–water partition coefficient (Wildman–Crippen LogP) is 1.73. The van der Waals surface area contributed by atoms with Gasteiger partial charge in [0.15, 0.2) is 4.67 Å². The number of hydrogen-bond donors (Lipinski definition) is 2. The van der Waals surface area contributed by atoms with Crippen LogP contribution in [0.4, 0.5) is 0 Å². The van der Waals surface area contributed by atoms with E-state index in [2.05, 4.69) is 15.9 Å². The first-order valence-electron chi connectivity index (χ1n) is 3.79. The molecule has 1 aromatic rings. The fourth-order valence-electron chi connectivity index (χ4n) is 1.08. The van der Waals surface area contributed by atoms with Gasteiger partial charge >= 0.3 is 0 Å². The van der Waals surface area contributed by atoms with Gasteiger partial charge in [-0.05, 0) is 47.4 Å². The summed E-state index contributed by atoms with van der Waals surface area (Å²) in [6.45, 7) is 2.35. The van der Waals surface area contributed by atoms with Crippen molar-refractivity contribution in [3.63, 3.8) is 0 Å². The standard InChI is InChI=1S/C8H12BrNO2/c1-5-4-7(9)12-8(5)6(11)2-3-10/h4,6,11H,2-3,10H2,1H3. The molecule has 0 spiro atoms. The number of aryl methyl sites for hydroxylation is 1. The van der Waals surface area contributed by atoms with Gasteiger partial charge in [-0.25, -0.2) is 0 Å². The second-order valence-corrected chi connectivity index (χ2v) is 3.47. The SMILES string of the molecule is Cc1cc(Br)oc1C(O)CCN. The molecule has 12 heavy (non-hydrogen) atoms. The van der Waals surface area contributed by atoms with E-state index in [4.69, 9.17) is 10.2 Å². The zero-order chi connectivity index (χ0) is 9.14. The highest BCUT2D eigenvalue weighted by molar-refractivity contribution is 9.10. The number of halogens is 1. The van der Waals surface area contributed by atoms with Gasteiger partial charge in [0.25, 0.3) is 0 Å². The molecule has 0 aliphatic rings. The minimum atomic E-state index is -0.582. The van der Waals surface area contributed by atoms with E-state index in [9.17, 15) is 5.11 Å². The van der Waals surface area contributed by atoms with Gasteiger partial charge in [0.05, 0.1) is 0 Å². The minimum absolute atomic E-state index is 0.457. The van der Waals surface area contributed by atoms with Crippen molar-refractivity contribution in [2.24, 2.45) is 5.73 Å². The van der Waals surface area contributed by atoms with Crippen LogP contribution >= 0.6 is 15.9 Å². The first-order chi connectivity index (χ1) is 5.65. The van der Waals surface area contributed by atoms with Gasteiger partial charge in [0, 0.05) is 0 Å². The highest BCUT2D eigenvalue weighted by Crippen LogP contribution is 2.26. The third-order valence-electron chi connectivity index (χ3n) is 1.67. The predicted molar refractivity (Wildman–Crippen MR) is 49.8 cm³/mol. The Morgan fingerprint density at radius 2 is 2.42 bits per heavy atom. The Hall–Kier alpha value is -0.320. The Labute approximate surface area is 79.7 Å². The van der Waals surface area contributed by atoms with E-state index in [0.717, 1.165) is 5.56 Å². The molecule has 0 aromatic carbocycles. The van der Waals surface area contributed by atoms with E-state index < -0.39 is 6.10 Å². The molecule has 1 aromatic heterocycles. The van der Waals surface area contributed by atoms with Crippen LogP contribution < -0.4 is 5.73 Å². The van der Waals surface area contributed by atoms with Crippen molar-refractivity contribution in [3.05, 3.63) is 22.1 Å². The van der Waals surface area contributed by atoms with Gasteiger partial charge in [-0.3, -0.25) is 0 Å². The zero-order valence-corrected chi connectivity index (χ0v) is 8.47. The summed E-state index contributed by atoms with van der Waals surface area (Å²) >= 11 is 3.19. The summed E-state index contributed by atoms with van der Waals surface area (Å²) in [4.78, 5) is 0. The summed E-state index contributed by atoms with van der Waals surface area (Å²) in [5.41, 5.74) is 6.26. The maximum Gasteiger partial charge on any atom is 0.169 e. The first-order valence-corrected chi connectivity index (χ1v) is 4.58. The molecular formula is C8H12BrNO2. The summed E-state index contributed by atoms with van der Waals surface area (Å²) in [5, 5.41) is 9.52. The molecule has 1 heterocycles. The molecule has 0 aliphatic carbocycles. The first kappa shape index (κ1) is 9.77. The number of aliphatic hydroxyl groups excluding tert-OH is 1. The Balaban J connectivity index is 2.79. The fourth-order valence-corrected chi connectivity index (χ4v) is 1.59. The number of aliphatic hydroxyl groups is 1. The molecule has 0 amide bonds. The third kappa shape index (κ3) is 2.09. The monoisotopic (exact) mass is 233 g/mol. The maximum absolute atomic E-state index is 9.52. The van der Waals surface area contributed by atoms with E-state index in [1.807, 2.05) is 13.0 Å². The Bertz CT molecular complexity index is 260. The van der Waals surface area contributed by atoms with Crippen LogP contribution in [0, 0.1) is 6.92 Å². The second kappa shape index (κ2) is 4.07. The van der Waals surface area contributed by atoms with Crippen LogP contribution in [0.1, 0.15) is 23.8 Å². The van der Waals surface area contributed by atoms with Crippen LogP contribution in [0.25, 0.3) is 0 Å². The van der Waals surface area contributed by atoms with Gasteiger partial charge in [-0.2, -0.15) is 0 Å². The molecule has 1 rings (SSSR count). The molecular weight excluding hydrogens is 222 g/mol. The second-order valence-electron chi connectivity index (χ2n) is 2.69. The average molecular weight is 234 g/mol. The maximum atomic E-state index is 9.52. The van der Waals surface area contributed by atoms with E-state index in [1.165, 1.54) is 0 Å². The number of furan rings is 1. The molecule has 1 atom stereocenters. The molecule has 3 N–H and O–H groups in total. The zero-order valence-electron chi connectivity index (χ0n) is 6.88. The molecule has 0 aliphatic heterocycles. The van der Waals surface area contributed by atoms with Gasteiger partial charge in [0.1, 0.15) is 11.9 Å². The van der Waals surface area contributed by atoms with Gasteiger partial charge < -0.3 is 15.3 Å². The van der Waals surface area contributed by atoms with Crippen molar-refractivity contribution in [1.82, 2.24) is 0 Å². The van der Waals surface area contributed by atoms with E-state index in [0.29, 0.717) is 23.4 Å². The van der Waals surface area contributed by atoms with Crippen LogP contribution in [-0.2, 0) is 0 Å². The summed E-state index contributed by atoms with van der Waals surface area (Å²) in [5.74, 6) is 0.604. The van der Waals surface area contributed by atoms with Crippen molar-refractivity contribution >= 4 is 15.9 Å². The van der Waals surface area contributed by atoms with E-state index in [1.54, 1.807) is 0 Å². The third-order valence-corrected chi connectivity index (χ3v) is 2.06. The number of nitrogens with two attached hydrogens (primary N) is 1. The quantitative estimate of drug-likeness (QED) is 0.837. The molecule has 0 fully saturated rings. The topological polar surface area (TPSA) is 59.4 Å². The summed E-state index contributed by atoms with van der Waals surface area (Å²) < 4.78 is 5.88. The summed E-state index contributed by atoms with van der Waals surface area (Å²) in [7, 11) is 0. The normalized spacial score (nSPS) is 13.3. The summed E-state index contributed by atoms with van der Waals surface area (Å²) in [6, 6.07) is 1.83. The highest BCUT2D eigenvalue weighted by atomic mass is 79.9. The van der Waals surface area contributed by atoms with E-state index in [-0.39, 0.29) is 0 Å². The van der Waals surface area contributed by atoms with Crippen molar-refractivity contribution in [2.45, 2.75) is 19.4 Å². The molecule has 1 unspecified atom stereocenters. The molecule has 0 saturated carbocycles. The van der Waals surface area contributed by atoms with Crippen LogP contribution in [0.15, 0.2) is 15.2 Å². The van der Waals surface area contributed by atoms with Crippen LogP contribution in [0.3, 0.4) is 0 Å². The molecule has 68 valence electrons. The lowest BCUT2D eigenvalue weighted by molar-refractivity contribution is 0.140. The van der Waals surface area contributed by atoms with Crippen molar-refractivity contribution in [3.8, 4) is 0 Å². The lowest BCUT2D eigenvalue weighted by atomic mass is 10.1.